The van der Waals surface area contributed by atoms with Gasteiger partial charge < -0.3 is 19.8 Å². The van der Waals surface area contributed by atoms with E-state index in [0.717, 1.165) is 34.7 Å². The summed E-state index contributed by atoms with van der Waals surface area (Å²) >= 11 is 0. The van der Waals surface area contributed by atoms with Gasteiger partial charge in [0, 0.05) is 34.9 Å². The van der Waals surface area contributed by atoms with Gasteiger partial charge in [-0.05, 0) is 49.4 Å². The third-order valence-corrected chi connectivity index (χ3v) is 3.78. The van der Waals surface area contributed by atoms with Crippen LogP contribution in [0.5, 0.6) is 11.5 Å². The number of nitrogens with zero attached hydrogens (tertiary/aromatic N) is 1. The van der Waals surface area contributed by atoms with Crippen molar-refractivity contribution in [3.8, 4) is 11.5 Å². The standard InChI is InChI=1S/C18H20N2O2/c1-3-20-11-13(17-10-14(19)4-9-18(17)20)12-22-16-7-5-15(21-2)6-8-16/h4-11H,3,12,19H2,1-2H3. The second kappa shape index (κ2) is 6.02. The van der Waals surface area contributed by atoms with Gasteiger partial charge in [-0.25, -0.2) is 0 Å². The van der Waals surface area contributed by atoms with Gasteiger partial charge in [-0.1, -0.05) is 0 Å². The lowest BCUT2D eigenvalue weighted by Gasteiger charge is -2.06. The van der Waals surface area contributed by atoms with Crippen LogP contribution in [0.4, 0.5) is 5.69 Å². The quantitative estimate of drug-likeness (QED) is 0.728. The summed E-state index contributed by atoms with van der Waals surface area (Å²) in [6, 6.07) is 13.6. The normalized spacial score (nSPS) is 10.8. The van der Waals surface area contributed by atoms with Crippen LogP contribution in [-0.4, -0.2) is 11.7 Å². The second-order valence-electron chi connectivity index (χ2n) is 5.18. The number of aromatic nitrogens is 1. The van der Waals surface area contributed by atoms with Crippen LogP contribution in [0.3, 0.4) is 0 Å². The number of hydrogen-bond acceptors (Lipinski definition) is 3. The molecule has 0 radical (unpaired) electrons. The van der Waals surface area contributed by atoms with Crippen molar-refractivity contribution in [2.24, 2.45) is 0 Å². The number of fused-ring (bicyclic) bond motifs is 1. The molecule has 0 spiro atoms. The van der Waals surface area contributed by atoms with Crippen molar-refractivity contribution >= 4 is 16.6 Å². The summed E-state index contributed by atoms with van der Waals surface area (Å²) in [4.78, 5) is 0. The number of hydrogen-bond donors (Lipinski definition) is 1. The topological polar surface area (TPSA) is 49.4 Å². The molecule has 3 rings (SSSR count). The molecule has 0 saturated heterocycles. The summed E-state index contributed by atoms with van der Waals surface area (Å²) in [6.07, 6.45) is 2.13. The van der Waals surface area contributed by atoms with Crippen LogP contribution in [0, 0.1) is 0 Å². The largest absolute Gasteiger partial charge is 0.497 e. The molecule has 22 heavy (non-hydrogen) atoms. The zero-order chi connectivity index (χ0) is 15.5. The van der Waals surface area contributed by atoms with Gasteiger partial charge in [-0.2, -0.15) is 0 Å². The monoisotopic (exact) mass is 296 g/mol. The summed E-state index contributed by atoms with van der Waals surface area (Å²) in [5, 5.41) is 1.15. The highest BCUT2D eigenvalue weighted by molar-refractivity contribution is 5.86. The van der Waals surface area contributed by atoms with E-state index in [1.54, 1.807) is 7.11 Å². The molecule has 0 fully saturated rings. The smallest absolute Gasteiger partial charge is 0.120 e. The van der Waals surface area contributed by atoms with Gasteiger partial charge in [0.1, 0.15) is 18.1 Å². The number of anilines is 1. The fourth-order valence-electron chi connectivity index (χ4n) is 2.60. The molecule has 0 atom stereocenters. The van der Waals surface area contributed by atoms with Crippen LogP contribution in [-0.2, 0) is 13.2 Å². The van der Waals surface area contributed by atoms with Crippen molar-refractivity contribution in [2.45, 2.75) is 20.1 Å². The van der Waals surface area contributed by atoms with Crippen LogP contribution in [0.15, 0.2) is 48.7 Å². The van der Waals surface area contributed by atoms with Crippen molar-refractivity contribution in [3.63, 3.8) is 0 Å². The van der Waals surface area contributed by atoms with E-state index in [1.165, 1.54) is 5.52 Å². The molecule has 4 nitrogen and oxygen atoms in total. The Labute approximate surface area is 130 Å². The molecule has 1 heterocycles. The minimum Gasteiger partial charge on any atom is -0.497 e. The number of methoxy groups -OCH3 is 1. The zero-order valence-electron chi connectivity index (χ0n) is 12.9. The van der Waals surface area contributed by atoms with Crippen molar-refractivity contribution in [3.05, 3.63) is 54.2 Å². The van der Waals surface area contributed by atoms with Gasteiger partial charge in [-0.15, -0.1) is 0 Å². The Bertz CT molecular complexity index is 776. The number of ether oxygens (including phenoxy) is 2. The number of rotatable bonds is 5. The lowest BCUT2D eigenvalue weighted by atomic mass is 10.1. The number of benzene rings is 2. The first-order valence-electron chi connectivity index (χ1n) is 7.35. The highest BCUT2D eigenvalue weighted by atomic mass is 16.5. The second-order valence-corrected chi connectivity index (χ2v) is 5.18. The fourth-order valence-corrected chi connectivity index (χ4v) is 2.60. The highest BCUT2D eigenvalue weighted by Crippen LogP contribution is 2.26. The molecule has 0 aliphatic heterocycles. The van der Waals surface area contributed by atoms with E-state index in [-0.39, 0.29) is 0 Å². The van der Waals surface area contributed by atoms with Crippen molar-refractivity contribution in [2.75, 3.05) is 12.8 Å². The lowest BCUT2D eigenvalue weighted by Crippen LogP contribution is -1.95. The van der Waals surface area contributed by atoms with E-state index >= 15 is 0 Å². The summed E-state index contributed by atoms with van der Waals surface area (Å²) in [6.45, 7) is 3.56. The van der Waals surface area contributed by atoms with Gasteiger partial charge in [0.2, 0.25) is 0 Å². The molecule has 114 valence electrons. The van der Waals surface area contributed by atoms with E-state index in [0.29, 0.717) is 6.61 Å². The van der Waals surface area contributed by atoms with Crippen LogP contribution in [0.1, 0.15) is 12.5 Å². The third-order valence-electron chi connectivity index (χ3n) is 3.78. The predicted molar refractivity (Wildman–Crippen MR) is 89.4 cm³/mol. The molecular formula is C18H20N2O2. The SMILES string of the molecule is CCn1cc(COc2ccc(OC)cc2)c2cc(N)ccc21. The Morgan fingerprint density at radius 3 is 2.45 bits per heavy atom. The van der Waals surface area contributed by atoms with E-state index in [2.05, 4.69) is 23.8 Å². The van der Waals surface area contributed by atoms with E-state index in [4.69, 9.17) is 15.2 Å². The molecule has 0 saturated carbocycles. The maximum Gasteiger partial charge on any atom is 0.120 e. The first-order valence-corrected chi connectivity index (χ1v) is 7.35. The Kier molecular flexibility index (Phi) is 3.92. The maximum absolute atomic E-state index is 5.92. The lowest BCUT2D eigenvalue weighted by molar-refractivity contribution is 0.306. The average Bonchev–Trinajstić information content (AvgIpc) is 2.90. The zero-order valence-corrected chi connectivity index (χ0v) is 12.9. The Morgan fingerprint density at radius 2 is 1.77 bits per heavy atom. The molecule has 1 aromatic heterocycles. The maximum atomic E-state index is 5.92. The summed E-state index contributed by atoms with van der Waals surface area (Å²) in [7, 11) is 1.65. The molecule has 2 aromatic carbocycles. The summed E-state index contributed by atoms with van der Waals surface area (Å²) in [5.41, 5.74) is 9.01. The van der Waals surface area contributed by atoms with Crippen LogP contribution >= 0.6 is 0 Å². The van der Waals surface area contributed by atoms with Gasteiger partial charge in [0.15, 0.2) is 0 Å². The summed E-state index contributed by atoms with van der Waals surface area (Å²) < 4.78 is 13.2. The summed E-state index contributed by atoms with van der Waals surface area (Å²) in [5.74, 6) is 1.64. The highest BCUT2D eigenvalue weighted by Gasteiger charge is 2.09. The molecule has 4 heteroatoms. The predicted octanol–water partition coefficient (Wildman–Crippen LogP) is 3.83. The Balaban J connectivity index is 1.85. The van der Waals surface area contributed by atoms with Crippen molar-refractivity contribution in [1.29, 1.82) is 0 Å². The van der Waals surface area contributed by atoms with E-state index < -0.39 is 0 Å². The van der Waals surface area contributed by atoms with Crippen molar-refractivity contribution in [1.82, 2.24) is 4.57 Å². The average molecular weight is 296 g/mol. The first-order chi connectivity index (χ1) is 10.7. The number of aryl methyl sites for hydroxylation is 1. The Morgan fingerprint density at radius 1 is 1.05 bits per heavy atom. The van der Waals surface area contributed by atoms with Crippen LogP contribution in [0.2, 0.25) is 0 Å². The number of nitrogens with two attached hydrogens (primary N) is 1. The molecule has 2 N–H and O–H groups in total. The van der Waals surface area contributed by atoms with Gasteiger partial charge in [0.05, 0.1) is 7.11 Å². The van der Waals surface area contributed by atoms with Crippen molar-refractivity contribution < 1.29 is 9.47 Å². The minimum atomic E-state index is 0.513. The fraction of sp³-hybridized carbons (Fsp3) is 0.222. The first kappa shape index (κ1) is 14.3. The molecule has 0 bridgehead atoms. The van der Waals surface area contributed by atoms with Gasteiger partial charge in [0.25, 0.3) is 0 Å². The Hall–Kier alpha value is -2.62. The van der Waals surface area contributed by atoms with Crippen LogP contribution in [0.25, 0.3) is 10.9 Å². The third kappa shape index (κ3) is 2.72. The molecule has 0 amide bonds. The van der Waals surface area contributed by atoms with Crippen LogP contribution < -0.4 is 15.2 Å². The van der Waals surface area contributed by atoms with E-state index in [9.17, 15) is 0 Å². The number of nitrogen functional groups attached to an aromatic ring is 1. The van der Waals surface area contributed by atoms with Gasteiger partial charge >= 0.3 is 0 Å². The van der Waals surface area contributed by atoms with Gasteiger partial charge in [-0.3, -0.25) is 0 Å². The molecular weight excluding hydrogens is 276 g/mol. The molecule has 0 aliphatic rings. The molecule has 0 aliphatic carbocycles. The minimum absolute atomic E-state index is 0.513. The molecule has 3 aromatic rings. The molecule has 0 unspecified atom stereocenters. The van der Waals surface area contributed by atoms with E-state index in [1.807, 2.05) is 36.4 Å².